The maximum Gasteiger partial charge on any atom is 0.410 e. The Morgan fingerprint density at radius 1 is 1.50 bits per heavy atom. The van der Waals surface area contributed by atoms with Gasteiger partial charge in [0.1, 0.15) is 11.2 Å². The fraction of sp³-hybridized carbons (Fsp3) is 0.909. The van der Waals surface area contributed by atoms with Crippen LogP contribution in [-0.4, -0.2) is 53.1 Å². The monoisotopic (exact) mass is 229 g/mol. The molecule has 1 atom stereocenters. The van der Waals surface area contributed by atoms with E-state index in [1.54, 1.807) is 4.90 Å². The summed E-state index contributed by atoms with van der Waals surface area (Å²) in [7, 11) is 0. The van der Waals surface area contributed by atoms with Gasteiger partial charge in [-0.2, -0.15) is 0 Å². The second-order valence-electron chi connectivity index (χ2n) is 5.69. The van der Waals surface area contributed by atoms with Gasteiger partial charge in [-0.15, -0.1) is 0 Å². The third kappa shape index (κ3) is 2.30. The standard InChI is InChI=1S/C11H19NO4/c1-10(2,3)16-9(14)12-6-11(7-12)4-8(13)5-15-11/h8,13H,4-7H2,1-3H3. The van der Waals surface area contributed by atoms with Crippen molar-refractivity contribution in [1.82, 2.24) is 4.90 Å². The number of likely N-dealkylation sites (tertiary alicyclic amines) is 1. The highest BCUT2D eigenvalue weighted by atomic mass is 16.6. The summed E-state index contributed by atoms with van der Waals surface area (Å²) in [4.78, 5) is 13.3. The van der Waals surface area contributed by atoms with Crippen molar-refractivity contribution in [3.05, 3.63) is 0 Å². The third-order valence-electron chi connectivity index (χ3n) is 2.80. The molecule has 0 bridgehead atoms. The second-order valence-corrected chi connectivity index (χ2v) is 5.69. The molecule has 92 valence electrons. The van der Waals surface area contributed by atoms with Gasteiger partial charge in [0.25, 0.3) is 0 Å². The molecule has 0 aromatic rings. The van der Waals surface area contributed by atoms with E-state index in [-0.39, 0.29) is 17.8 Å². The minimum absolute atomic E-state index is 0.303. The Labute approximate surface area is 95.3 Å². The van der Waals surface area contributed by atoms with Crippen LogP contribution in [0.3, 0.4) is 0 Å². The lowest BCUT2D eigenvalue weighted by Crippen LogP contribution is -2.63. The van der Waals surface area contributed by atoms with Gasteiger partial charge >= 0.3 is 6.09 Å². The van der Waals surface area contributed by atoms with Crippen LogP contribution in [0.15, 0.2) is 0 Å². The number of nitrogens with zero attached hydrogens (tertiary/aromatic N) is 1. The quantitative estimate of drug-likeness (QED) is 0.666. The van der Waals surface area contributed by atoms with E-state index < -0.39 is 5.60 Å². The van der Waals surface area contributed by atoms with Gasteiger partial charge in [-0.25, -0.2) is 4.79 Å². The van der Waals surface area contributed by atoms with Crippen molar-refractivity contribution in [2.75, 3.05) is 19.7 Å². The predicted molar refractivity (Wildman–Crippen MR) is 57.1 cm³/mol. The number of hydrogen-bond donors (Lipinski definition) is 1. The van der Waals surface area contributed by atoms with Crippen LogP contribution in [0.5, 0.6) is 0 Å². The van der Waals surface area contributed by atoms with Crippen molar-refractivity contribution in [1.29, 1.82) is 0 Å². The summed E-state index contributed by atoms with van der Waals surface area (Å²) in [5.41, 5.74) is -0.772. The molecule has 1 unspecified atom stereocenters. The van der Waals surface area contributed by atoms with Crippen molar-refractivity contribution in [3.63, 3.8) is 0 Å². The molecule has 5 heteroatoms. The first-order chi connectivity index (χ1) is 7.30. The number of carbonyl (C=O) groups is 1. The van der Waals surface area contributed by atoms with Crippen molar-refractivity contribution in [3.8, 4) is 0 Å². The molecule has 2 aliphatic rings. The first kappa shape index (κ1) is 11.7. The van der Waals surface area contributed by atoms with E-state index in [9.17, 15) is 9.90 Å². The minimum atomic E-state index is -0.462. The number of amides is 1. The highest BCUT2D eigenvalue weighted by Crippen LogP contribution is 2.35. The summed E-state index contributed by atoms with van der Waals surface area (Å²) in [6.07, 6.45) is -0.0735. The lowest BCUT2D eigenvalue weighted by molar-refractivity contribution is -0.109. The second kappa shape index (κ2) is 3.60. The van der Waals surface area contributed by atoms with E-state index in [1.165, 1.54) is 0 Å². The Balaban J connectivity index is 1.82. The molecule has 1 N–H and O–H groups in total. The van der Waals surface area contributed by atoms with E-state index in [0.717, 1.165) is 0 Å². The smallest absolute Gasteiger partial charge is 0.410 e. The first-order valence-electron chi connectivity index (χ1n) is 5.60. The molecule has 0 aromatic carbocycles. The molecule has 0 radical (unpaired) electrons. The van der Waals surface area contributed by atoms with Gasteiger partial charge in [0.05, 0.1) is 25.8 Å². The fourth-order valence-corrected chi connectivity index (χ4v) is 2.15. The van der Waals surface area contributed by atoms with Gasteiger partial charge in [0, 0.05) is 6.42 Å². The number of ether oxygens (including phenoxy) is 2. The lowest BCUT2D eigenvalue weighted by atomic mass is 9.91. The normalized spacial score (nSPS) is 28.0. The minimum Gasteiger partial charge on any atom is -0.444 e. The van der Waals surface area contributed by atoms with Crippen LogP contribution in [0.1, 0.15) is 27.2 Å². The molecule has 0 aromatic heterocycles. The molecule has 0 aliphatic carbocycles. The number of rotatable bonds is 0. The van der Waals surface area contributed by atoms with Crippen LogP contribution in [-0.2, 0) is 9.47 Å². The number of carbonyl (C=O) groups excluding carboxylic acids is 1. The molecule has 2 fully saturated rings. The number of aliphatic hydroxyl groups excluding tert-OH is 1. The maximum atomic E-state index is 11.6. The Kier molecular flexibility index (Phi) is 2.62. The third-order valence-corrected chi connectivity index (χ3v) is 2.80. The SMILES string of the molecule is CC(C)(C)OC(=O)N1CC2(CC(O)CO2)C1. The summed E-state index contributed by atoms with van der Waals surface area (Å²) in [5, 5.41) is 9.38. The molecule has 2 heterocycles. The first-order valence-corrected chi connectivity index (χ1v) is 5.60. The van der Waals surface area contributed by atoms with E-state index >= 15 is 0 Å². The summed E-state index contributed by atoms with van der Waals surface area (Å²) < 4.78 is 10.7. The van der Waals surface area contributed by atoms with Crippen LogP contribution in [0.4, 0.5) is 4.79 Å². The molecule has 1 amide bonds. The highest BCUT2D eigenvalue weighted by molar-refractivity contribution is 5.69. The van der Waals surface area contributed by atoms with Gasteiger partial charge in [0.15, 0.2) is 0 Å². The van der Waals surface area contributed by atoms with Crippen LogP contribution < -0.4 is 0 Å². The zero-order valence-electron chi connectivity index (χ0n) is 10.0. The number of aliphatic hydroxyl groups is 1. The van der Waals surface area contributed by atoms with Crippen LogP contribution in [0.2, 0.25) is 0 Å². The van der Waals surface area contributed by atoms with Gasteiger partial charge in [-0.05, 0) is 20.8 Å². The summed E-state index contributed by atoms with van der Waals surface area (Å²) >= 11 is 0. The summed E-state index contributed by atoms with van der Waals surface area (Å²) in [6, 6.07) is 0. The van der Waals surface area contributed by atoms with Crippen molar-refractivity contribution in [2.24, 2.45) is 0 Å². The zero-order valence-corrected chi connectivity index (χ0v) is 10.0. The average molecular weight is 229 g/mol. The van der Waals surface area contributed by atoms with Crippen LogP contribution in [0, 0.1) is 0 Å². The average Bonchev–Trinajstić information content (AvgIpc) is 2.41. The van der Waals surface area contributed by atoms with Crippen molar-refractivity contribution >= 4 is 6.09 Å². The zero-order chi connectivity index (χ0) is 12.0. The van der Waals surface area contributed by atoms with Gasteiger partial charge in [-0.1, -0.05) is 0 Å². The summed E-state index contributed by atoms with van der Waals surface area (Å²) in [5.74, 6) is 0. The predicted octanol–water partition coefficient (Wildman–Crippen LogP) is 0.757. The Morgan fingerprint density at radius 3 is 2.56 bits per heavy atom. The Hall–Kier alpha value is -0.810. The van der Waals surface area contributed by atoms with Gasteiger partial charge in [0.2, 0.25) is 0 Å². The molecule has 16 heavy (non-hydrogen) atoms. The van der Waals surface area contributed by atoms with Gasteiger partial charge in [-0.3, -0.25) is 0 Å². The Morgan fingerprint density at radius 2 is 2.12 bits per heavy atom. The van der Waals surface area contributed by atoms with E-state index in [2.05, 4.69) is 0 Å². The number of hydrogen-bond acceptors (Lipinski definition) is 4. The molecule has 2 saturated heterocycles. The molecular weight excluding hydrogens is 210 g/mol. The molecular formula is C11H19NO4. The molecule has 1 spiro atoms. The van der Waals surface area contributed by atoms with Crippen LogP contribution >= 0.6 is 0 Å². The fourth-order valence-electron chi connectivity index (χ4n) is 2.15. The topological polar surface area (TPSA) is 59.0 Å². The molecule has 0 saturated carbocycles. The highest BCUT2D eigenvalue weighted by Gasteiger charge is 2.51. The van der Waals surface area contributed by atoms with Crippen LogP contribution in [0.25, 0.3) is 0 Å². The lowest BCUT2D eigenvalue weighted by Gasteiger charge is -2.46. The molecule has 5 nitrogen and oxygen atoms in total. The molecule has 2 aliphatic heterocycles. The van der Waals surface area contributed by atoms with E-state index in [1.807, 2.05) is 20.8 Å². The van der Waals surface area contributed by atoms with Crippen molar-refractivity contribution in [2.45, 2.75) is 44.5 Å². The van der Waals surface area contributed by atoms with Crippen molar-refractivity contribution < 1.29 is 19.4 Å². The van der Waals surface area contributed by atoms with Gasteiger partial charge < -0.3 is 19.5 Å². The Bertz CT molecular complexity index is 291. The largest absolute Gasteiger partial charge is 0.444 e. The van der Waals surface area contributed by atoms with E-state index in [0.29, 0.717) is 26.1 Å². The summed E-state index contributed by atoms with van der Waals surface area (Å²) in [6.45, 7) is 6.96. The maximum absolute atomic E-state index is 11.6. The van der Waals surface area contributed by atoms with E-state index in [4.69, 9.17) is 9.47 Å². The molecule has 2 rings (SSSR count).